The lowest BCUT2D eigenvalue weighted by molar-refractivity contribution is 0.548. The SMILES string of the molecule is O=[C]n1cnc2ncncc21. The van der Waals surface area contributed by atoms with Crippen LogP contribution in [0, 0.1) is 0 Å². The fourth-order valence-electron chi connectivity index (χ4n) is 0.833. The highest BCUT2D eigenvalue weighted by Crippen LogP contribution is 2.03. The maximum atomic E-state index is 10.2. The summed E-state index contributed by atoms with van der Waals surface area (Å²) in [6, 6.07) is 0. The maximum Gasteiger partial charge on any atom is 0.322 e. The molecule has 0 spiro atoms. The first kappa shape index (κ1) is 5.96. The zero-order chi connectivity index (χ0) is 7.68. The largest absolute Gasteiger partial charge is 0.322 e. The molecule has 0 saturated carbocycles. The first-order valence-electron chi connectivity index (χ1n) is 2.93. The first-order chi connectivity index (χ1) is 5.42. The molecular weight excluding hydrogens is 144 g/mol. The molecule has 5 nitrogen and oxygen atoms in total. The zero-order valence-electron chi connectivity index (χ0n) is 5.43. The number of nitrogens with zero attached hydrogens (tertiary/aromatic N) is 4. The lowest BCUT2D eigenvalue weighted by Gasteiger charge is -1.86. The van der Waals surface area contributed by atoms with Gasteiger partial charge in [0.05, 0.1) is 6.20 Å². The van der Waals surface area contributed by atoms with Gasteiger partial charge in [0.2, 0.25) is 0 Å². The van der Waals surface area contributed by atoms with Crippen molar-refractivity contribution in [2.24, 2.45) is 0 Å². The van der Waals surface area contributed by atoms with Crippen LogP contribution in [0.2, 0.25) is 0 Å². The van der Waals surface area contributed by atoms with Gasteiger partial charge in [0, 0.05) is 0 Å². The molecule has 0 aliphatic heterocycles. The molecule has 1 radical (unpaired) electrons. The summed E-state index contributed by atoms with van der Waals surface area (Å²) in [6.07, 6.45) is 5.92. The predicted octanol–water partition coefficient (Wildman–Crippen LogP) is -0.258. The molecule has 5 heteroatoms. The molecule has 2 aromatic rings. The van der Waals surface area contributed by atoms with Gasteiger partial charge in [-0.1, -0.05) is 0 Å². The van der Waals surface area contributed by atoms with E-state index in [9.17, 15) is 4.79 Å². The van der Waals surface area contributed by atoms with Gasteiger partial charge in [0.25, 0.3) is 0 Å². The zero-order valence-corrected chi connectivity index (χ0v) is 5.43. The van der Waals surface area contributed by atoms with Gasteiger partial charge in [-0.3, -0.25) is 9.36 Å². The van der Waals surface area contributed by atoms with Gasteiger partial charge in [-0.2, -0.15) is 0 Å². The van der Waals surface area contributed by atoms with Crippen molar-refractivity contribution in [1.29, 1.82) is 0 Å². The molecule has 0 N–H and O–H groups in total. The molecule has 0 atom stereocenters. The smallest absolute Gasteiger partial charge is 0.263 e. The Hall–Kier alpha value is -1.78. The first-order valence-corrected chi connectivity index (χ1v) is 2.93. The minimum atomic E-state index is 0.503. The number of carbonyl (C=O) groups excluding carboxylic acids is 1. The van der Waals surface area contributed by atoms with Gasteiger partial charge in [-0.05, 0) is 0 Å². The molecule has 53 valence electrons. The Bertz CT molecular complexity index is 394. The highest BCUT2D eigenvalue weighted by molar-refractivity contribution is 5.77. The van der Waals surface area contributed by atoms with Gasteiger partial charge in [0.1, 0.15) is 18.2 Å². The van der Waals surface area contributed by atoms with Crippen LogP contribution in [0.3, 0.4) is 0 Å². The average molecular weight is 147 g/mol. The molecule has 0 unspecified atom stereocenters. The summed E-state index contributed by atoms with van der Waals surface area (Å²) in [7, 11) is 0. The molecule has 0 aromatic carbocycles. The van der Waals surface area contributed by atoms with Crippen LogP contribution in [0.5, 0.6) is 0 Å². The molecule has 2 aromatic heterocycles. The average Bonchev–Trinajstić information content (AvgIpc) is 2.47. The van der Waals surface area contributed by atoms with E-state index in [-0.39, 0.29) is 0 Å². The number of aromatic nitrogens is 4. The van der Waals surface area contributed by atoms with E-state index in [1.807, 2.05) is 0 Å². The van der Waals surface area contributed by atoms with Crippen molar-refractivity contribution in [1.82, 2.24) is 19.5 Å². The Kier molecular flexibility index (Phi) is 1.15. The molecule has 0 aliphatic rings. The molecular formula is C6H3N4O. The van der Waals surface area contributed by atoms with Crippen LogP contribution in [-0.4, -0.2) is 25.9 Å². The highest BCUT2D eigenvalue weighted by atomic mass is 16.1. The molecule has 0 amide bonds. The Balaban J connectivity index is 2.86. The topological polar surface area (TPSA) is 60.7 Å². The van der Waals surface area contributed by atoms with Gasteiger partial charge >= 0.3 is 6.41 Å². The number of imidazole rings is 1. The molecule has 11 heavy (non-hydrogen) atoms. The van der Waals surface area contributed by atoms with Crippen molar-refractivity contribution in [2.45, 2.75) is 0 Å². The van der Waals surface area contributed by atoms with Gasteiger partial charge < -0.3 is 0 Å². The van der Waals surface area contributed by atoms with Gasteiger partial charge in [0.15, 0.2) is 5.65 Å². The molecule has 2 heterocycles. The fourth-order valence-corrected chi connectivity index (χ4v) is 0.833. The van der Waals surface area contributed by atoms with Gasteiger partial charge in [-0.15, -0.1) is 0 Å². The van der Waals surface area contributed by atoms with Crippen LogP contribution < -0.4 is 0 Å². The third-order valence-electron chi connectivity index (χ3n) is 1.33. The van der Waals surface area contributed by atoms with Crippen LogP contribution in [0.1, 0.15) is 0 Å². The van der Waals surface area contributed by atoms with E-state index in [1.54, 1.807) is 6.41 Å². The van der Waals surface area contributed by atoms with E-state index < -0.39 is 0 Å². The van der Waals surface area contributed by atoms with Crippen molar-refractivity contribution < 1.29 is 4.79 Å². The summed E-state index contributed by atoms with van der Waals surface area (Å²) in [5.41, 5.74) is 1.07. The number of fused-ring (bicyclic) bond motifs is 1. The summed E-state index contributed by atoms with van der Waals surface area (Å²) in [5, 5.41) is 0. The van der Waals surface area contributed by atoms with Crippen LogP contribution in [0.15, 0.2) is 18.9 Å². The van der Waals surface area contributed by atoms with Gasteiger partial charge in [-0.25, -0.2) is 15.0 Å². The van der Waals surface area contributed by atoms with Crippen molar-refractivity contribution >= 4 is 17.6 Å². The second-order valence-corrected chi connectivity index (χ2v) is 1.94. The number of rotatable bonds is 1. The fraction of sp³-hybridized carbons (Fsp3) is 0. The Morgan fingerprint density at radius 3 is 3.18 bits per heavy atom. The van der Waals surface area contributed by atoms with Crippen molar-refractivity contribution in [3.8, 4) is 0 Å². The van der Waals surface area contributed by atoms with E-state index in [4.69, 9.17) is 0 Å². The highest BCUT2D eigenvalue weighted by Gasteiger charge is 2.00. The lowest BCUT2D eigenvalue weighted by Crippen LogP contribution is -1.91. The van der Waals surface area contributed by atoms with Crippen LogP contribution in [-0.2, 0) is 4.79 Å². The third kappa shape index (κ3) is 0.778. The van der Waals surface area contributed by atoms with E-state index in [0.717, 1.165) is 0 Å². The van der Waals surface area contributed by atoms with Crippen LogP contribution in [0.4, 0.5) is 0 Å². The maximum absolute atomic E-state index is 10.2. The van der Waals surface area contributed by atoms with Crippen LogP contribution in [0.25, 0.3) is 11.2 Å². The summed E-state index contributed by atoms with van der Waals surface area (Å²) in [5.74, 6) is 0. The number of hydrogen-bond donors (Lipinski definition) is 0. The molecule has 0 bridgehead atoms. The summed E-state index contributed by atoms with van der Waals surface area (Å²) in [4.78, 5) is 21.6. The quantitative estimate of drug-likeness (QED) is 0.557. The van der Waals surface area contributed by atoms with Crippen LogP contribution >= 0.6 is 0 Å². The normalized spacial score (nSPS) is 10.2. The lowest BCUT2D eigenvalue weighted by atomic mass is 10.5. The Labute approximate surface area is 61.7 Å². The second kappa shape index (κ2) is 2.12. The minimum Gasteiger partial charge on any atom is -0.263 e. The van der Waals surface area contributed by atoms with Crippen molar-refractivity contribution in [2.75, 3.05) is 0 Å². The van der Waals surface area contributed by atoms with Crippen molar-refractivity contribution in [3.05, 3.63) is 18.9 Å². The second-order valence-electron chi connectivity index (χ2n) is 1.94. The number of hydrogen-bond acceptors (Lipinski definition) is 4. The summed E-state index contributed by atoms with van der Waals surface area (Å²) in [6.45, 7) is 0. The van der Waals surface area contributed by atoms with E-state index >= 15 is 0 Å². The third-order valence-corrected chi connectivity index (χ3v) is 1.33. The van der Waals surface area contributed by atoms with E-state index in [0.29, 0.717) is 11.2 Å². The molecule has 0 aliphatic carbocycles. The summed E-state index contributed by atoms with van der Waals surface area (Å²) < 4.78 is 1.20. The standard InChI is InChI=1S/C6H3N4O/c11-4-10-3-9-6-5(10)1-7-2-8-6/h1-3H. The monoisotopic (exact) mass is 147 g/mol. The van der Waals surface area contributed by atoms with E-state index in [2.05, 4.69) is 15.0 Å². The predicted molar refractivity (Wildman–Crippen MR) is 36.4 cm³/mol. The molecule has 0 saturated heterocycles. The minimum absolute atomic E-state index is 0.503. The van der Waals surface area contributed by atoms with E-state index in [1.165, 1.54) is 23.4 Å². The Morgan fingerprint density at radius 1 is 1.45 bits per heavy atom. The molecule has 2 rings (SSSR count). The van der Waals surface area contributed by atoms with Crippen molar-refractivity contribution in [3.63, 3.8) is 0 Å². The summed E-state index contributed by atoms with van der Waals surface area (Å²) >= 11 is 0. The Morgan fingerprint density at radius 2 is 2.36 bits per heavy atom. The molecule has 0 fully saturated rings.